The zero-order chi connectivity index (χ0) is 31.5. The molecule has 0 aromatic heterocycles. The lowest BCUT2D eigenvalue weighted by Gasteiger charge is -2.26. The van der Waals surface area contributed by atoms with Crippen LogP contribution >= 0.6 is 0 Å². The molecule has 0 spiro atoms. The first kappa shape index (κ1) is 32.0. The van der Waals surface area contributed by atoms with Crippen LogP contribution in [0.5, 0.6) is 11.5 Å². The molecule has 1 fully saturated rings. The summed E-state index contributed by atoms with van der Waals surface area (Å²) in [6.45, 7) is 2.81. The van der Waals surface area contributed by atoms with Crippen LogP contribution in [0.3, 0.4) is 0 Å². The Balaban J connectivity index is 1.39. The lowest BCUT2D eigenvalue weighted by atomic mass is 10.2. The molecule has 0 bridgehead atoms. The van der Waals surface area contributed by atoms with Crippen LogP contribution in [0, 0.1) is 0 Å². The van der Waals surface area contributed by atoms with Crippen LogP contribution in [-0.2, 0) is 29.1 Å². The van der Waals surface area contributed by atoms with Crippen LogP contribution in [0.15, 0.2) is 82.8 Å². The summed E-state index contributed by atoms with van der Waals surface area (Å²) in [5, 5.41) is 6.54. The number of anilines is 2. The summed E-state index contributed by atoms with van der Waals surface area (Å²) in [6, 6.07) is 18.6. The Kier molecular flexibility index (Phi) is 10.9. The summed E-state index contributed by atoms with van der Waals surface area (Å²) in [7, 11) is -2.71. The minimum Gasteiger partial charge on any atom is -0.497 e. The first-order valence-electron chi connectivity index (χ1n) is 13.6. The van der Waals surface area contributed by atoms with Gasteiger partial charge in [0.05, 0.1) is 37.1 Å². The van der Waals surface area contributed by atoms with Crippen LogP contribution < -0.4 is 24.5 Å². The molecule has 1 heterocycles. The molecule has 3 amide bonds. The first-order valence-corrected chi connectivity index (χ1v) is 15.0. The normalized spacial score (nSPS) is 13.3. The van der Waals surface area contributed by atoms with Gasteiger partial charge in [0.1, 0.15) is 18.0 Å². The monoisotopic (exact) mass is 623 g/mol. The third-order valence-corrected chi connectivity index (χ3v) is 8.21. The topological polar surface area (TPSA) is 156 Å². The highest BCUT2D eigenvalue weighted by atomic mass is 32.2. The molecular weight excluding hydrogens is 590 g/mol. The highest BCUT2D eigenvalue weighted by molar-refractivity contribution is 7.92. The fourth-order valence-corrected chi connectivity index (χ4v) is 5.57. The van der Waals surface area contributed by atoms with Gasteiger partial charge in [0, 0.05) is 25.7 Å². The van der Waals surface area contributed by atoms with Gasteiger partial charge in [0.2, 0.25) is 5.91 Å². The van der Waals surface area contributed by atoms with Gasteiger partial charge < -0.3 is 24.4 Å². The number of methoxy groups -OCH3 is 1. The minimum atomic E-state index is -4.19. The van der Waals surface area contributed by atoms with E-state index in [1.165, 1.54) is 56.6 Å². The summed E-state index contributed by atoms with van der Waals surface area (Å²) in [5.41, 5.74) is 3.66. The molecule has 1 aliphatic rings. The van der Waals surface area contributed by atoms with E-state index in [-0.39, 0.29) is 29.0 Å². The van der Waals surface area contributed by atoms with E-state index in [0.717, 1.165) is 4.31 Å². The predicted molar refractivity (Wildman–Crippen MR) is 163 cm³/mol. The van der Waals surface area contributed by atoms with E-state index in [0.29, 0.717) is 49.1 Å². The molecule has 1 saturated heterocycles. The summed E-state index contributed by atoms with van der Waals surface area (Å²) in [4.78, 5) is 38.1. The van der Waals surface area contributed by atoms with Crippen LogP contribution in [0.4, 0.5) is 11.4 Å². The largest absolute Gasteiger partial charge is 0.497 e. The Hall–Kier alpha value is -4.95. The van der Waals surface area contributed by atoms with Gasteiger partial charge in [0.25, 0.3) is 21.8 Å². The number of rotatable bonds is 12. The van der Waals surface area contributed by atoms with E-state index in [1.807, 2.05) is 0 Å². The second-order valence-corrected chi connectivity index (χ2v) is 11.4. The summed E-state index contributed by atoms with van der Waals surface area (Å²) in [5.74, 6) is -0.0810. The molecule has 1 aliphatic heterocycles. The number of hydrogen-bond donors (Lipinski definition) is 2. The second kappa shape index (κ2) is 15.0. The van der Waals surface area contributed by atoms with Crippen molar-refractivity contribution in [2.45, 2.75) is 11.8 Å². The van der Waals surface area contributed by atoms with Gasteiger partial charge in [-0.2, -0.15) is 5.10 Å². The molecule has 0 aliphatic carbocycles. The maximum Gasteiger partial charge on any atom is 0.264 e. The zero-order valence-electron chi connectivity index (χ0n) is 24.3. The molecule has 14 heteroatoms. The predicted octanol–water partition coefficient (Wildman–Crippen LogP) is 2.24. The maximum absolute atomic E-state index is 13.6. The van der Waals surface area contributed by atoms with Crippen LogP contribution in [0.1, 0.15) is 12.5 Å². The van der Waals surface area contributed by atoms with Gasteiger partial charge in [0.15, 0.2) is 6.61 Å². The number of sulfonamides is 1. The Morgan fingerprint density at radius 2 is 1.59 bits per heavy atom. The Labute approximate surface area is 255 Å². The molecular formula is C30H33N5O8S. The molecule has 232 valence electrons. The van der Waals surface area contributed by atoms with Crippen molar-refractivity contribution in [2.75, 3.05) is 56.2 Å². The van der Waals surface area contributed by atoms with E-state index in [4.69, 9.17) is 14.2 Å². The van der Waals surface area contributed by atoms with Gasteiger partial charge >= 0.3 is 0 Å². The Morgan fingerprint density at radius 1 is 0.955 bits per heavy atom. The van der Waals surface area contributed by atoms with Gasteiger partial charge in [-0.1, -0.05) is 0 Å². The summed E-state index contributed by atoms with van der Waals surface area (Å²) in [6.07, 6.45) is 1.40. The number of hydrazone groups is 1. The van der Waals surface area contributed by atoms with Crippen molar-refractivity contribution in [3.8, 4) is 11.5 Å². The van der Waals surface area contributed by atoms with Gasteiger partial charge in [-0.3, -0.25) is 18.7 Å². The fraction of sp³-hybridized carbons (Fsp3) is 0.267. The van der Waals surface area contributed by atoms with Gasteiger partial charge in [-0.15, -0.1) is 0 Å². The van der Waals surface area contributed by atoms with Crippen LogP contribution in [-0.4, -0.2) is 83.8 Å². The standard InChI is InChI=1S/C30H33N5O8S/c1-22(36)32-24-5-13-28(14-6-24)44(39,40)35(25-7-11-26(41-2)12-8-25)20-29(37)33-31-19-23-3-9-27(10-4-23)43-21-30(38)34-15-17-42-18-16-34/h3-14,19H,15-18,20-21H2,1-2H3,(H,32,36)(H,33,37)/b31-19-. The van der Waals surface area contributed by atoms with Crippen molar-refractivity contribution in [3.63, 3.8) is 0 Å². The number of morpholine rings is 1. The molecule has 3 aromatic carbocycles. The number of carbonyl (C=O) groups is 3. The quantitative estimate of drug-likeness (QED) is 0.230. The molecule has 44 heavy (non-hydrogen) atoms. The van der Waals surface area contributed by atoms with Crippen molar-refractivity contribution >= 4 is 45.3 Å². The van der Waals surface area contributed by atoms with Crippen LogP contribution in [0.2, 0.25) is 0 Å². The number of carbonyl (C=O) groups excluding carboxylic acids is 3. The lowest BCUT2D eigenvalue weighted by Crippen LogP contribution is -2.42. The van der Waals surface area contributed by atoms with E-state index in [9.17, 15) is 22.8 Å². The molecule has 13 nitrogen and oxygen atoms in total. The maximum atomic E-state index is 13.6. The summed E-state index contributed by atoms with van der Waals surface area (Å²) < 4.78 is 44.2. The number of nitrogens with one attached hydrogen (secondary N) is 2. The number of amides is 3. The molecule has 3 aromatic rings. The third-order valence-electron chi connectivity index (χ3n) is 6.42. The highest BCUT2D eigenvalue weighted by Gasteiger charge is 2.27. The van der Waals surface area contributed by atoms with Crippen molar-refractivity contribution < 1.29 is 37.0 Å². The van der Waals surface area contributed by atoms with Crippen LogP contribution in [0.25, 0.3) is 0 Å². The van der Waals surface area contributed by atoms with Gasteiger partial charge in [-0.25, -0.2) is 13.8 Å². The molecule has 0 saturated carbocycles. The van der Waals surface area contributed by atoms with E-state index < -0.39 is 22.5 Å². The van der Waals surface area contributed by atoms with Crippen molar-refractivity contribution in [1.29, 1.82) is 0 Å². The third kappa shape index (κ3) is 8.78. The van der Waals surface area contributed by atoms with Crippen molar-refractivity contribution in [3.05, 3.63) is 78.4 Å². The minimum absolute atomic E-state index is 0.0762. The van der Waals surface area contributed by atoms with E-state index >= 15 is 0 Å². The van der Waals surface area contributed by atoms with E-state index in [2.05, 4.69) is 15.8 Å². The second-order valence-electron chi connectivity index (χ2n) is 9.56. The SMILES string of the molecule is COc1ccc(N(CC(=O)N/N=C\c2ccc(OCC(=O)N3CCOCC3)cc2)S(=O)(=O)c2ccc(NC(C)=O)cc2)cc1. The van der Waals surface area contributed by atoms with E-state index in [1.54, 1.807) is 41.3 Å². The average molecular weight is 624 g/mol. The number of nitrogens with zero attached hydrogens (tertiary/aromatic N) is 3. The molecule has 0 radical (unpaired) electrons. The fourth-order valence-electron chi connectivity index (χ4n) is 4.15. The zero-order valence-corrected chi connectivity index (χ0v) is 25.1. The molecule has 0 unspecified atom stereocenters. The number of hydrogen-bond acceptors (Lipinski definition) is 9. The van der Waals surface area contributed by atoms with Gasteiger partial charge in [-0.05, 0) is 78.4 Å². The first-order chi connectivity index (χ1) is 21.2. The van der Waals surface area contributed by atoms with Crippen molar-refractivity contribution in [2.24, 2.45) is 5.10 Å². The smallest absolute Gasteiger partial charge is 0.264 e. The van der Waals surface area contributed by atoms with Crippen molar-refractivity contribution in [1.82, 2.24) is 10.3 Å². The highest BCUT2D eigenvalue weighted by Crippen LogP contribution is 2.26. The lowest BCUT2D eigenvalue weighted by molar-refractivity contribution is -0.137. The summed E-state index contributed by atoms with van der Waals surface area (Å²) >= 11 is 0. The molecule has 0 atom stereocenters. The number of ether oxygens (including phenoxy) is 3. The number of benzene rings is 3. The molecule has 4 rings (SSSR count). The average Bonchev–Trinajstić information content (AvgIpc) is 3.03. The Morgan fingerprint density at radius 3 is 2.20 bits per heavy atom. The Bertz CT molecular complexity index is 1570. The molecule has 2 N–H and O–H groups in total.